The van der Waals surface area contributed by atoms with Crippen molar-refractivity contribution in [3.05, 3.63) is 72.3 Å². The number of para-hydroxylation sites is 1. The van der Waals surface area contributed by atoms with E-state index in [-0.39, 0.29) is 0 Å². The van der Waals surface area contributed by atoms with Crippen molar-refractivity contribution in [3.8, 4) is 22.5 Å². The summed E-state index contributed by atoms with van der Waals surface area (Å²) in [5.74, 6) is 0.835. The minimum absolute atomic E-state index is 0.517. The van der Waals surface area contributed by atoms with Gasteiger partial charge in [0.1, 0.15) is 5.82 Å². The van der Waals surface area contributed by atoms with Crippen LogP contribution in [-0.4, -0.2) is 27.1 Å². The highest BCUT2D eigenvalue weighted by Gasteiger charge is 2.16. The van der Waals surface area contributed by atoms with Crippen molar-refractivity contribution in [2.24, 2.45) is 0 Å². The molecule has 0 saturated heterocycles. The summed E-state index contributed by atoms with van der Waals surface area (Å²) >= 11 is 0. The van der Waals surface area contributed by atoms with E-state index in [0.29, 0.717) is 5.46 Å². The number of H-pyrrole nitrogens is 1. The van der Waals surface area contributed by atoms with Crippen LogP contribution in [0.3, 0.4) is 0 Å². The lowest BCUT2D eigenvalue weighted by Crippen LogP contribution is -2.31. The van der Waals surface area contributed by atoms with E-state index in [1.807, 2.05) is 67.6 Å². The largest absolute Gasteiger partial charge is 0.488 e. The molecule has 3 N–H and O–H groups in total. The third-order valence-electron chi connectivity index (χ3n) is 4.42. The number of fused-ring (bicyclic) bond motifs is 1. The second-order valence-electron chi connectivity index (χ2n) is 6.10. The number of nitrogens with zero attached hydrogens (tertiary/aromatic N) is 1. The van der Waals surface area contributed by atoms with E-state index in [1.54, 1.807) is 6.07 Å². The van der Waals surface area contributed by atoms with Gasteiger partial charge in [-0.25, -0.2) is 4.98 Å². The van der Waals surface area contributed by atoms with Crippen LogP contribution in [0.25, 0.3) is 33.5 Å². The molecule has 0 spiro atoms. The third-order valence-corrected chi connectivity index (χ3v) is 4.42. The first-order valence-corrected chi connectivity index (χ1v) is 8.15. The van der Waals surface area contributed by atoms with Gasteiger partial charge in [-0.2, -0.15) is 0 Å². The van der Waals surface area contributed by atoms with Crippen molar-refractivity contribution in [2.45, 2.75) is 6.92 Å². The lowest BCUT2D eigenvalue weighted by molar-refractivity contribution is 0.425. The van der Waals surface area contributed by atoms with Crippen LogP contribution in [0.15, 0.2) is 66.7 Å². The van der Waals surface area contributed by atoms with Crippen molar-refractivity contribution in [1.82, 2.24) is 9.97 Å². The SMILES string of the molecule is Cc1cc(-c2cccc3[nH]c(-c4ccccc4)nc23)ccc1B(O)O. The number of hydrogen-bond acceptors (Lipinski definition) is 3. The van der Waals surface area contributed by atoms with Crippen LogP contribution in [0.4, 0.5) is 0 Å². The summed E-state index contributed by atoms with van der Waals surface area (Å²) in [4.78, 5) is 8.17. The molecule has 0 fully saturated rings. The average Bonchev–Trinajstić information content (AvgIpc) is 3.06. The maximum atomic E-state index is 9.41. The normalized spacial score (nSPS) is 11.0. The Morgan fingerprint density at radius 3 is 2.40 bits per heavy atom. The van der Waals surface area contributed by atoms with Gasteiger partial charge in [-0.1, -0.05) is 66.2 Å². The van der Waals surface area contributed by atoms with Crippen LogP contribution in [-0.2, 0) is 0 Å². The second kappa shape index (κ2) is 6.20. The molecule has 0 radical (unpaired) electrons. The fourth-order valence-electron chi connectivity index (χ4n) is 3.13. The van der Waals surface area contributed by atoms with Gasteiger partial charge in [0.25, 0.3) is 0 Å². The summed E-state index contributed by atoms with van der Waals surface area (Å²) in [6.45, 7) is 1.87. The van der Waals surface area contributed by atoms with Crippen molar-refractivity contribution in [2.75, 3.05) is 0 Å². The highest BCUT2D eigenvalue weighted by Crippen LogP contribution is 2.29. The number of rotatable bonds is 3. The maximum absolute atomic E-state index is 9.41. The Bertz CT molecular complexity index is 1040. The van der Waals surface area contributed by atoms with E-state index in [9.17, 15) is 10.0 Å². The van der Waals surface area contributed by atoms with Crippen LogP contribution in [0.1, 0.15) is 5.56 Å². The van der Waals surface area contributed by atoms with Crippen molar-refractivity contribution < 1.29 is 10.0 Å². The van der Waals surface area contributed by atoms with Gasteiger partial charge in [0.15, 0.2) is 0 Å². The molecule has 4 nitrogen and oxygen atoms in total. The summed E-state index contributed by atoms with van der Waals surface area (Å²) in [6.07, 6.45) is 0. The van der Waals surface area contributed by atoms with E-state index < -0.39 is 7.12 Å². The Morgan fingerprint density at radius 1 is 0.880 bits per heavy atom. The highest BCUT2D eigenvalue weighted by molar-refractivity contribution is 6.59. The zero-order chi connectivity index (χ0) is 17.4. The molecular formula is C20H17BN2O2. The molecular weight excluding hydrogens is 311 g/mol. The number of hydrogen-bond donors (Lipinski definition) is 3. The number of benzene rings is 3. The van der Waals surface area contributed by atoms with Gasteiger partial charge in [0.2, 0.25) is 0 Å². The Labute approximate surface area is 146 Å². The molecule has 4 rings (SSSR count). The molecule has 25 heavy (non-hydrogen) atoms. The number of aryl methyl sites for hydroxylation is 1. The number of nitrogens with one attached hydrogen (secondary N) is 1. The van der Waals surface area contributed by atoms with Crippen molar-refractivity contribution in [1.29, 1.82) is 0 Å². The summed E-state index contributed by atoms with van der Waals surface area (Å²) in [5.41, 5.74) is 6.28. The molecule has 5 heteroatoms. The van der Waals surface area contributed by atoms with Crippen LogP contribution < -0.4 is 5.46 Å². The van der Waals surface area contributed by atoms with Gasteiger partial charge < -0.3 is 15.0 Å². The molecule has 0 saturated carbocycles. The van der Waals surface area contributed by atoms with Gasteiger partial charge in [0.05, 0.1) is 11.0 Å². The average molecular weight is 328 g/mol. The molecule has 0 unspecified atom stereocenters. The summed E-state index contributed by atoms with van der Waals surface area (Å²) in [5, 5.41) is 18.8. The molecule has 0 aliphatic rings. The number of aromatic amines is 1. The molecule has 122 valence electrons. The van der Waals surface area contributed by atoms with Gasteiger partial charge in [0, 0.05) is 11.1 Å². The smallest absolute Gasteiger partial charge is 0.423 e. The van der Waals surface area contributed by atoms with Gasteiger partial charge >= 0.3 is 7.12 Å². The van der Waals surface area contributed by atoms with E-state index in [2.05, 4.69) is 4.98 Å². The molecule has 0 bridgehead atoms. The van der Waals surface area contributed by atoms with E-state index >= 15 is 0 Å². The van der Waals surface area contributed by atoms with Crippen molar-refractivity contribution in [3.63, 3.8) is 0 Å². The van der Waals surface area contributed by atoms with Gasteiger partial charge in [-0.05, 0) is 24.0 Å². The highest BCUT2D eigenvalue weighted by atomic mass is 16.4. The number of imidazole rings is 1. The van der Waals surface area contributed by atoms with Crippen LogP contribution >= 0.6 is 0 Å². The van der Waals surface area contributed by atoms with Crippen molar-refractivity contribution >= 4 is 23.6 Å². The molecule has 0 atom stereocenters. The van der Waals surface area contributed by atoms with E-state index in [4.69, 9.17) is 4.98 Å². The lowest BCUT2D eigenvalue weighted by atomic mass is 9.76. The topological polar surface area (TPSA) is 69.1 Å². The standard InChI is InChI=1S/C20H17BN2O2/c1-13-12-15(10-11-17(13)21(24)25)16-8-5-9-18-19(16)23-20(22-18)14-6-3-2-4-7-14/h2-12,24-25H,1H3,(H,22,23). The molecule has 1 aromatic heterocycles. The predicted octanol–water partition coefficient (Wildman–Crippen LogP) is 2.89. The summed E-state index contributed by atoms with van der Waals surface area (Å²) in [6, 6.07) is 21.7. The second-order valence-corrected chi connectivity index (χ2v) is 6.10. The zero-order valence-corrected chi connectivity index (χ0v) is 13.8. The quantitative estimate of drug-likeness (QED) is 0.507. The Hall–Kier alpha value is -2.89. The minimum Gasteiger partial charge on any atom is -0.423 e. The molecule has 1 heterocycles. The molecule has 0 aliphatic heterocycles. The van der Waals surface area contributed by atoms with Crippen LogP contribution in [0.2, 0.25) is 0 Å². The minimum atomic E-state index is -1.46. The summed E-state index contributed by atoms with van der Waals surface area (Å²) in [7, 11) is -1.46. The fourth-order valence-corrected chi connectivity index (χ4v) is 3.13. The predicted molar refractivity (Wildman–Crippen MR) is 102 cm³/mol. The third kappa shape index (κ3) is 2.84. The fraction of sp³-hybridized carbons (Fsp3) is 0.0500. The molecule has 3 aromatic carbocycles. The van der Waals surface area contributed by atoms with Gasteiger partial charge in [-0.15, -0.1) is 0 Å². The molecule has 0 aliphatic carbocycles. The lowest BCUT2D eigenvalue weighted by Gasteiger charge is -2.08. The maximum Gasteiger partial charge on any atom is 0.488 e. The molecule has 0 amide bonds. The Balaban J connectivity index is 1.86. The first-order chi connectivity index (χ1) is 12.1. The molecule has 4 aromatic rings. The van der Waals surface area contributed by atoms with E-state index in [1.165, 1.54) is 0 Å². The van der Waals surface area contributed by atoms with Crippen LogP contribution in [0.5, 0.6) is 0 Å². The number of aromatic nitrogens is 2. The first kappa shape index (κ1) is 15.6. The monoisotopic (exact) mass is 328 g/mol. The Kier molecular flexibility index (Phi) is 3.88. The zero-order valence-electron chi connectivity index (χ0n) is 13.8. The van der Waals surface area contributed by atoms with Gasteiger partial charge in [-0.3, -0.25) is 0 Å². The first-order valence-electron chi connectivity index (χ1n) is 8.15. The van der Waals surface area contributed by atoms with E-state index in [0.717, 1.165) is 39.1 Å². The Morgan fingerprint density at radius 2 is 1.68 bits per heavy atom. The van der Waals surface area contributed by atoms with Crippen LogP contribution in [0, 0.1) is 6.92 Å². The summed E-state index contributed by atoms with van der Waals surface area (Å²) < 4.78 is 0.